The van der Waals surface area contributed by atoms with Crippen LogP contribution in [0.25, 0.3) is 0 Å². The van der Waals surface area contributed by atoms with E-state index in [0.29, 0.717) is 37.3 Å². The molecule has 282 valence electrons. The SMILES string of the molecule is CC(C)CCC[18F].CC(C)OCCC[18F].CCCC(C)C.CCCCCOC(C)C.CCCCOC(C)C.CCCOC(C)C. The highest BCUT2D eigenvalue weighted by atomic mass is 18.2. The van der Waals surface area contributed by atoms with E-state index in [9.17, 15) is 8.78 Å². The van der Waals surface area contributed by atoms with E-state index in [1.807, 2.05) is 13.8 Å². The zero-order valence-electron chi connectivity index (χ0n) is 33.9. The van der Waals surface area contributed by atoms with E-state index in [2.05, 4.69) is 96.9 Å². The molecule has 0 aliphatic heterocycles. The third-order valence-electron chi connectivity index (χ3n) is 5.31. The molecule has 0 fully saturated rings. The molecule has 6 heteroatoms. The Morgan fingerprint density at radius 2 is 0.711 bits per heavy atom. The van der Waals surface area contributed by atoms with Gasteiger partial charge in [-0.15, -0.1) is 0 Å². The summed E-state index contributed by atoms with van der Waals surface area (Å²) in [4.78, 5) is 0. The first-order valence-corrected chi connectivity index (χ1v) is 18.7. The molecule has 0 aromatic heterocycles. The average molecular weight is 657 g/mol. The van der Waals surface area contributed by atoms with Gasteiger partial charge in [0.15, 0.2) is 0 Å². The van der Waals surface area contributed by atoms with Crippen molar-refractivity contribution in [2.75, 3.05) is 39.8 Å². The van der Waals surface area contributed by atoms with Gasteiger partial charge in [-0.25, -0.2) is 0 Å². The lowest BCUT2D eigenvalue weighted by atomic mass is 10.1. The minimum atomic E-state index is -0.271. The van der Waals surface area contributed by atoms with Crippen molar-refractivity contribution in [2.45, 2.75) is 206 Å². The summed E-state index contributed by atoms with van der Waals surface area (Å²) in [5, 5.41) is 0. The van der Waals surface area contributed by atoms with E-state index in [1.165, 1.54) is 44.9 Å². The van der Waals surface area contributed by atoms with E-state index in [0.717, 1.165) is 45.0 Å². The van der Waals surface area contributed by atoms with Gasteiger partial charge in [0.1, 0.15) is 0 Å². The van der Waals surface area contributed by atoms with Gasteiger partial charge in [-0.3, -0.25) is 8.78 Å². The molecule has 0 saturated heterocycles. The van der Waals surface area contributed by atoms with Gasteiger partial charge in [-0.2, -0.15) is 0 Å². The van der Waals surface area contributed by atoms with E-state index in [4.69, 9.17) is 18.9 Å². The van der Waals surface area contributed by atoms with E-state index < -0.39 is 0 Å². The molecular formula is C39H88F2O4. The Morgan fingerprint density at radius 1 is 0.356 bits per heavy atom. The largest absolute Gasteiger partial charge is 0.379 e. The molecule has 0 aliphatic carbocycles. The van der Waals surface area contributed by atoms with E-state index in [1.54, 1.807) is 0 Å². The molecule has 0 saturated carbocycles. The van der Waals surface area contributed by atoms with Crippen LogP contribution in [0.5, 0.6) is 0 Å². The van der Waals surface area contributed by atoms with Crippen LogP contribution >= 0.6 is 0 Å². The second kappa shape index (κ2) is 53.2. The summed E-state index contributed by atoms with van der Waals surface area (Å²) in [7, 11) is 0. The summed E-state index contributed by atoms with van der Waals surface area (Å²) in [6.07, 6.45) is 13.8. The maximum absolute atomic E-state index is 11.4. The first-order chi connectivity index (χ1) is 21.1. The molecule has 0 spiro atoms. The molecule has 0 atom stereocenters. The number of rotatable bonds is 21. The van der Waals surface area contributed by atoms with Gasteiger partial charge in [-0.05, 0) is 106 Å². The van der Waals surface area contributed by atoms with Gasteiger partial charge in [0.2, 0.25) is 0 Å². The van der Waals surface area contributed by atoms with E-state index >= 15 is 0 Å². The molecule has 0 amide bonds. The van der Waals surface area contributed by atoms with E-state index in [-0.39, 0.29) is 19.5 Å². The molecule has 45 heavy (non-hydrogen) atoms. The molecule has 0 rings (SSSR count). The minimum Gasteiger partial charge on any atom is -0.379 e. The number of halogens is 2. The number of hydrogen-bond acceptors (Lipinski definition) is 4. The Morgan fingerprint density at radius 3 is 0.933 bits per heavy atom. The molecule has 0 unspecified atom stereocenters. The lowest BCUT2D eigenvalue weighted by Crippen LogP contribution is -2.03. The molecule has 4 nitrogen and oxygen atoms in total. The van der Waals surface area contributed by atoms with Gasteiger partial charge in [-0.1, -0.05) is 87.5 Å². The van der Waals surface area contributed by atoms with Crippen LogP contribution in [0, 0.1) is 11.8 Å². The van der Waals surface area contributed by atoms with Gasteiger partial charge in [0.05, 0.1) is 37.8 Å². The second-order valence-corrected chi connectivity index (χ2v) is 13.2. The zero-order valence-corrected chi connectivity index (χ0v) is 33.9. The summed E-state index contributed by atoms with van der Waals surface area (Å²) >= 11 is 0. The van der Waals surface area contributed by atoms with Crippen molar-refractivity contribution < 1.29 is 27.7 Å². The van der Waals surface area contributed by atoms with Crippen LogP contribution in [0.15, 0.2) is 0 Å². The zero-order chi connectivity index (χ0) is 36.3. The summed E-state index contributed by atoms with van der Waals surface area (Å²) in [6, 6.07) is 0. The van der Waals surface area contributed by atoms with Crippen LogP contribution in [-0.2, 0) is 18.9 Å². The third-order valence-corrected chi connectivity index (χ3v) is 5.31. The minimum absolute atomic E-state index is 0.155. The van der Waals surface area contributed by atoms with Crippen molar-refractivity contribution >= 4 is 0 Å². The monoisotopic (exact) mass is 657 g/mol. The van der Waals surface area contributed by atoms with Crippen molar-refractivity contribution in [2.24, 2.45) is 11.8 Å². The Balaban J connectivity index is -0.000000102. The lowest BCUT2D eigenvalue weighted by Gasteiger charge is -2.05. The van der Waals surface area contributed by atoms with Crippen LogP contribution in [0.3, 0.4) is 0 Å². The summed E-state index contributed by atoms with van der Waals surface area (Å²) in [5.41, 5.74) is 0. The van der Waals surface area contributed by atoms with Crippen LogP contribution in [-0.4, -0.2) is 64.2 Å². The highest BCUT2D eigenvalue weighted by molar-refractivity contribution is 4.43. The van der Waals surface area contributed by atoms with Gasteiger partial charge in [0.25, 0.3) is 0 Å². The molecular weight excluding hydrogens is 568 g/mol. The predicted octanol–water partition coefficient (Wildman–Crippen LogP) is 13.2. The van der Waals surface area contributed by atoms with Crippen LogP contribution in [0.2, 0.25) is 0 Å². The van der Waals surface area contributed by atoms with Gasteiger partial charge in [0, 0.05) is 26.4 Å². The number of hydrogen-bond donors (Lipinski definition) is 0. The maximum Gasteiger partial charge on any atom is 0.0916 e. The fourth-order valence-corrected chi connectivity index (χ4v) is 2.92. The Bertz CT molecular complexity index is 405. The highest BCUT2D eigenvalue weighted by Crippen LogP contribution is 2.02. The van der Waals surface area contributed by atoms with Crippen LogP contribution in [0.1, 0.15) is 181 Å². The Labute approximate surface area is 284 Å². The first-order valence-electron chi connectivity index (χ1n) is 18.7. The number of unbranched alkanes of at least 4 members (excludes halogenated alkanes) is 3. The van der Waals surface area contributed by atoms with Gasteiger partial charge < -0.3 is 18.9 Å². The summed E-state index contributed by atoms with van der Waals surface area (Å²) < 4.78 is 43.6. The smallest absolute Gasteiger partial charge is 0.0916 e. The maximum atomic E-state index is 11.4. The molecule has 0 bridgehead atoms. The van der Waals surface area contributed by atoms with Crippen LogP contribution in [0.4, 0.5) is 8.78 Å². The quantitative estimate of drug-likeness (QED) is 0.115. The molecule has 0 aromatic carbocycles. The second-order valence-electron chi connectivity index (χ2n) is 13.2. The third kappa shape index (κ3) is 107. The average Bonchev–Trinajstić information content (AvgIpc) is 2.94. The fourth-order valence-electron chi connectivity index (χ4n) is 2.92. The Hall–Kier alpha value is -0.300. The normalized spacial score (nSPS) is 10.4. The number of ether oxygens (including phenoxy) is 4. The standard InChI is InChI=1S/C8H18O.C7H16O.C6H13FO.C6H13F.C6H14O.C6H14/c1-4-5-6-7-9-8(2)3;1-4-5-6-8-7(2)3;1-6(2)8-5-3-4-7;1-6(2)4-3-5-7;1-4-5-7-6(2)3;1-4-5-6(2)3/h8H,4-7H2,1-3H3;7H,4-6H2,1-3H3;6H,3-5H2,1-2H3;6H,3-5H2,1-2H3;6H,4-5H2,1-3H3;6H,4-5H2,1-3H3/i;;2*7-1;;. The van der Waals surface area contributed by atoms with Crippen molar-refractivity contribution in [3.8, 4) is 0 Å². The molecule has 0 aromatic rings. The summed E-state index contributed by atoms with van der Waals surface area (Å²) in [5.74, 6) is 1.56. The van der Waals surface area contributed by atoms with Crippen molar-refractivity contribution in [1.29, 1.82) is 0 Å². The molecule has 0 aliphatic rings. The Kier molecular flexibility index (Phi) is 67.4. The molecule has 0 N–H and O–H groups in total. The topological polar surface area (TPSA) is 36.9 Å². The fraction of sp³-hybridized carbons (Fsp3) is 1.00. The first kappa shape index (κ1) is 57.0. The lowest BCUT2D eigenvalue weighted by molar-refractivity contribution is 0.0735. The summed E-state index contributed by atoms with van der Waals surface area (Å²) in [6.45, 7) is 36.6. The molecule has 0 radical (unpaired) electrons. The van der Waals surface area contributed by atoms with Crippen molar-refractivity contribution in [3.63, 3.8) is 0 Å². The van der Waals surface area contributed by atoms with Crippen molar-refractivity contribution in [1.82, 2.24) is 0 Å². The number of alkyl halides is 2. The molecule has 0 heterocycles. The van der Waals surface area contributed by atoms with Crippen molar-refractivity contribution in [3.05, 3.63) is 0 Å². The highest BCUT2D eigenvalue weighted by Gasteiger charge is 1.92. The van der Waals surface area contributed by atoms with Gasteiger partial charge >= 0.3 is 0 Å². The predicted molar refractivity (Wildman–Crippen MR) is 199 cm³/mol. The van der Waals surface area contributed by atoms with Crippen LogP contribution < -0.4 is 0 Å².